The maximum Gasteiger partial charge on any atom is 0.0788 e. The van der Waals surface area contributed by atoms with Crippen LogP contribution in [0.15, 0.2) is 54.8 Å². The molecule has 0 spiro atoms. The molecule has 0 amide bonds. The smallest absolute Gasteiger partial charge is 0.0788 e. The molecule has 0 aliphatic heterocycles. The average molecular weight is 290 g/mol. The number of benzene rings is 2. The molecule has 0 heterocycles. The Hall–Kier alpha value is -2.46. The van der Waals surface area contributed by atoms with Crippen molar-refractivity contribution in [3.05, 3.63) is 82.6 Å². The van der Waals surface area contributed by atoms with Crippen LogP contribution >= 0.6 is 0 Å². The van der Waals surface area contributed by atoms with Gasteiger partial charge in [-0.05, 0) is 60.7 Å². The molecule has 0 atom stereocenters. The fourth-order valence-electron chi connectivity index (χ4n) is 2.49. The van der Waals surface area contributed by atoms with E-state index in [9.17, 15) is 0 Å². The van der Waals surface area contributed by atoms with E-state index in [1.54, 1.807) is 13.4 Å². The number of hydrogen-bond donors (Lipinski definition) is 0. The zero-order valence-corrected chi connectivity index (χ0v) is 13.5. The van der Waals surface area contributed by atoms with Crippen LogP contribution in [0.3, 0.4) is 0 Å². The summed E-state index contributed by atoms with van der Waals surface area (Å²) in [5.41, 5.74) is 6.18. The van der Waals surface area contributed by atoms with Crippen LogP contribution in [0.25, 0.3) is 0 Å². The number of aryl methyl sites for hydroxylation is 2. The minimum absolute atomic E-state index is 0.768. The highest BCUT2D eigenvalue weighted by Gasteiger charge is 1.98. The molecule has 0 N–H and O–H groups in total. The first-order chi connectivity index (χ1) is 10.7. The molecule has 2 rings (SSSR count). The Bertz CT molecular complexity index is 694. The summed E-state index contributed by atoms with van der Waals surface area (Å²) >= 11 is 0. The second-order valence-electron chi connectivity index (χ2n) is 5.44. The highest BCUT2D eigenvalue weighted by molar-refractivity contribution is 5.41. The normalized spacial score (nSPS) is 10.3. The van der Waals surface area contributed by atoms with Gasteiger partial charge in [-0.25, -0.2) is 0 Å². The molecule has 2 aromatic rings. The quantitative estimate of drug-likeness (QED) is 0.590. The van der Waals surface area contributed by atoms with Gasteiger partial charge < -0.3 is 4.74 Å². The Morgan fingerprint density at radius 3 is 2.36 bits per heavy atom. The van der Waals surface area contributed by atoms with Crippen molar-refractivity contribution in [2.24, 2.45) is 0 Å². The van der Waals surface area contributed by atoms with E-state index in [0.717, 1.165) is 18.4 Å². The fraction of sp³-hybridized carbons (Fsp3) is 0.238. The van der Waals surface area contributed by atoms with Crippen molar-refractivity contribution in [3.8, 4) is 11.8 Å². The van der Waals surface area contributed by atoms with E-state index < -0.39 is 0 Å². The predicted molar refractivity (Wildman–Crippen MR) is 92.8 cm³/mol. The van der Waals surface area contributed by atoms with Crippen LogP contribution in [-0.4, -0.2) is 7.11 Å². The average Bonchev–Trinajstić information content (AvgIpc) is 2.48. The molecule has 0 bridgehead atoms. The largest absolute Gasteiger partial charge is 0.505 e. The molecule has 0 aliphatic rings. The van der Waals surface area contributed by atoms with Gasteiger partial charge in [-0.15, -0.1) is 0 Å². The molecule has 0 fully saturated rings. The SMILES string of the molecule is CO/C=C/Cc1ccccc1CC#Cc1cc(C)cc(C)c1. The first-order valence-corrected chi connectivity index (χ1v) is 7.51. The van der Waals surface area contributed by atoms with Crippen LogP contribution in [0, 0.1) is 25.7 Å². The zero-order valence-electron chi connectivity index (χ0n) is 13.5. The van der Waals surface area contributed by atoms with E-state index in [0.29, 0.717) is 0 Å². The van der Waals surface area contributed by atoms with Gasteiger partial charge in [0.2, 0.25) is 0 Å². The van der Waals surface area contributed by atoms with E-state index in [1.165, 1.54) is 22.3 Å². The number of rotatable bonds is 4. The minimum Gasteiger partial charge on any atom is -0.505 e. The molecular weight excluding hydrogens is 268 g/mol. The topological polar surface area (TPSA) is 9.23 Å². The summed E-state index contributed by atoms with van der Waals surface area (Å²) in [4.78, 5) is 0. The molecule has 22 heavy (non-hydrogen) atoms. The molecule has 0 saturated carbocycles. The second kappa shape index (κ2) is 8.10. The van der Waals surface area contributed by atoms with Crippen molar-refractivity contribution in [2.75, 3.05) is 7.11 Å². The molecule has 112 valence electrons. The maximum absolute atomic E-state index is 4.96. The highest BCUT2D eigenvalue weighted by atomic mass is 16.5. The van der Waals surface area contributed by atoms with Gasteiger partial charge in [0.1, 0.15) is 0 Å². The number of ether oxygens (including phenoxy) is 1. The van der Waals surface area contributed by atoms with Gasteiger partial charge in [0, 0.05) is 12.0 Å². The minimum atomic E-state index is 0.768. The van der Waals surface area contributed by atoms with E-state index in [2.05, 4.69) is 68.2 Å². The van der Waals surface area contributed by atoms with Gasteiger partial charge in [0.25, 0.3) is 0 Å². The molecule has 0 aromatic heterocycles. The van der Waals surface area contributed by atoms with Gasteiger partial charge in [-0.3, -0.25) is 0 Å². The number of methoxy groups -OCH3 is 1. The third kappa shape index (κ3) is 4.82. The standard InChI is InChI=1S/C21H22O/c1-17-14-18(2)16-19(15-17)8-6-11-20-9-4-5-10-21(20)12-7-13-22-3/h4-5,7,9-10,13-16H,11-12H2,1-3H3/b13-7+. The molecule has 0 radical (unpaired) electrons. The van der Waals surface area contributed by atoms with Crippen molar-refractivity contribution in [3.63, 3.8) is 0 Å². The van der Waals surface area contributed by atoms with E-state index >= 15 is 0 Å². The molecule has 0 unspecified atom stereocenters. The Balaban J connectivity index is 2.12. The van der Waals surface area contributed by atoms with Gasteiger partial charge in [0.15, 0.2) is 0 Å². The summed E-state index contributed by atoms with van der Waals surface area (Å²) in [5.74, 6) is 6.57. The van der Waals surface area contributed by atoms with Crippen LogP contribution in [0.2, 0.25) is 0 Å². The highest BCUT2D eigenvalue weighted by Crippen LogP contribution is 2.11. The molecular formula is C21H22O. The summed E-state index contributed by atoms with van der Waals surface area (Å²) < 4.78 is 4.96. The maximum atomic E-state index is 4.96. The van der Waals surface area contributed by atoms with Gasteiger partial charge in [0.05, 0.1) is 13.4 Å². The van der Waals surface area contributed by atoms with Crippen LogP contribution in [0.4, 0.5) is 0 Å². The molecule has 1 nitrogen and oxygen atoms in total. The summed E-state index contributed by atoms with van der Waals surface area (Å²) in [7, 11) is 1.66. The number of allylic oxidation sites excluding steroid dienone is 1. The predicted octanol–water partition coefficient (Wildman–Crippen LogP) is 4.60. The lowest BCUT2D eigenvalue weighted by Gasteiger charge is -2.04. The van der Waals surface area contributed by atoms with Crippen molar-refractivity contribution in [1.82, 2.24) is 0 Å². The lowest BCUT2D eigenvalue weighted by Crippen LogP contribution is -1.91. The molecule has 2 aromatic carbocycles. The lowest BCUT2D eigenvalue weighted by molar-refractivity contribution is 0.337. The molecule has 0 saturated heterocycles. The van der Waals surface area contributed by atoms with Gasteiger partial charge in [-0.1, -0.05) is 42.2 Å². The lowest BCUT2D eigenvalue weighted by atomic mass is 10.0. The van der Waals surface area contributed by atoms with Crippen LogP contribution in [-0.2, 0) is 17.6 Å². The fourth-order valence-corrected chi connectivity index (χ4v) is 2.49. The van der Waals surface area contributed by atoms with Crippen molar-refractivity contribution in [1.29, 1.82) is 0 Å². The van der Waals surface area contributed by atoms with Crippen LogP contribution in [0.1, 0.15) is 27.8 Å². The van der Waals surface area contributed by atoms with Gasteiger partial charge in [-0.2, -0.15) is 0 Å². The monoisotopic (exact) mass is 290 g/mol. The first kappa shape index (κ1) is 15.9. The third-order valence-corrected chi connectivity index (χ3v) is 3.42. The van der Waals surface area contributed by atoms with E-state index in [-0.39, 0.29) is 0 Å². The Morgan fingerprint density at radius 2 is 1.68 bits per heavy atom. The number of hydrogen-bond acceptors (Lipinski definition) is 1. The summed E-state index contributed by atoms with van der Waals surface area (Å²) in [6.45, 7) is 4.21. The Morgan fingerprint density at radius 1 is 1.00 bits per heavy atom. The second-order valence-corrected chi connectivity index (χ2v) is 5.44. The van der Waals surface area contributed by atoms with Crippen molar-refractivity contribution in [2.45, 2.75) is 26.7 Å². The summed E-state index contributed by atoms with van der Waals surface area (Å²) in [5, 5.41) is 0. The summed E-state index contributed by atoms with van der Waals surface area (Å²) in [6.07, 6.45) is 5.38. The van der Waals surface area contributed by atoms with Crippen LogP contribution in [0.5, 0.6) is 0 Å². The molecule has 0 aliphatic carbocycles. The third-order valence-electron chi connectivity index (χ3n) is 3.42. The molecule has 1 heteroatoms. The zero-order chi connectivity index (χ0) is 15.8. The Kier molecular flexibility index (Phi) is 5.86. The van der Waals surface area contributed by atoms with E-state index in [4.69, 9.17) is 4.74 Å². The Labute approximate surface area is 133 Å². The van der Waals surface area contributed by atoms with Crippen molar-refractivity contribution < 1.29 is 4.74 Å². The first-order valence-electron chi connectivity index (χ1n) is 7.51. The van der Waals surface area contributed by atoms with E-state index in [1.807, 2.05) is 6.08 Å². The van der Waals surface area contributed by atoms with Gasteiger partial charge >= 0.3 is 0 Å². The van der Waals surface area contributed by atoms with Crippen LogP contribution < -0.4 is 0 Å². The van der Waals surface area contributed by atoms with Crippen molar-refractivity contribution >= 4 is 0 Å². The summed E-state index contributed by atoms with van der Waals surface area (Å²) in [6, 6.07) is 14.9.